The molecule has 0 spiro atoms. The lowest BCUT2D eigenvalue weighted by molar-refractivity contribution is 0.228. The van der Waals surface area contributed by atoms with E-state index in [1.807, 2.05) is 6.92 Å². The largest absolute Gasteiger partial charge is 0.380 e. The molecule has 1 heteroatoms. The molecule has 18 heavy (non-hydrogen) atoms. The number of aliphatic hydroxyl groups is 1. The van der Waals surface area contributed by atoms with Crippen molar-refractivity contribution < 1.29 is 5.11 Å². The number of allylic oxidation sites excluding steroid dienone is 2. The molecule has 0 bridgehead atoms. The summed E-state index contributed by atoms with van der Waals surface area (Å²) < 4.78 is 0. The van der Waals surface area contributed by atoms with E-state index < -0.39 is 6.10 Å². The molecular weight excluding hydrogens is 220 g/mol. The van der Waals surface area contributed by atoms with E-state index in [9.17, 15) is 0 Å². The smallest absolute Gasteiger partial charge is 0.115 e. The maximum absolute atomic E-state index is 9.16. The highest BCUT2D eigenvalue weighted by molar-refractivity contribution is 5.27. The molecular formula is C17H26O. The molecule has 0 radical (unpaired) electrons. The van der Waals surface area contributed by atoms with Gasteiger partial charge in [-0.2, -0.15) is 0 Å². The fourth-order valence-corrected chi connectivity index (χ4v) is 1.44. The van der Waals surface area contributed by atoms with Crippen molar-refractivity contribution in [1.82, 2.24) is 0 Å². The summed E-state index contributed by atoms with van der Waals surface area (Å²) in [6.45, 7) is 4.14. The first-order valence-electron chi connectivity index (χ1n) is 7.12. The molecule has 0 saturated heterocycles. The van der Waals surface area contributed by atoms with Crippen LogP contribution < -0.4 is 0 Å². The predicted molar refractivity (Wildman–Crippen MR) is 79.0 cm³/mol. The van der Waals surface area contributed by atoms with Gasteiger partial charge in [-0.3, -0.25) is 0 Å². The van der Waals surface area contributed by atoms with Crippen molar-refractivity contribution in [2.24, 2.45) is 0 Å². The fourth-order valence-electron chi connectivity index (χ4n) is 1.44. The third-order valence-corrected chi connectivity index (χ3v) is 2.64. The molecule has 1 nitrogen and oxygen atoms in total. The van der Waals surface area contributed by atoms with E-state index in [0.717, 1.165) is 12.8 Å². The van der Waals surface area contributed by atoms with Crippen LogP contribution in [-0.2, 0) is 0 Å². The van der Waals surface area contributed by atoms with Gasteiger partial charge in [-0.1, -0.05) is 63.5 Å². The molecule has 0 aromatic heterocycles. The highest BCUT2D eigenvalue weighted by atomic mass is 16.3. The van der Waals surface area contributed by atoms with Crippen LogP contribution in [0.1, 0.15) is 65.2 Å². The van der Waals surface area contributed by atoms with Crippen LogP contribution in [0, 0.1) is 23.7 Å². The highest BCUT2D eigenvalue weighted by Gasteiger charge is 1.89. The first-order valence-corrected chi connectivity index (χ1v) is 7.12. The standard InChI is InChI=1S/C17H26O/c1-3-5-6-7-8-9-10-11-12-13-14-15-16-17(18)4-2/h10-11,17-18H,3-9,12H2,1-2H3/b11-10-. The topological polar surface area (TPSA) is 20.2 Å². The van der Waals surface area contributed by atoms with E-state index in [0.29, 0.717) is 6.42 Å². The monoisotopic (exact) mass is 246 g/mol. The minimum absolute atomic E-state index is 0.530. The van der Waals surface area contributed by atoms with Gasteiger partial charge in [-0.25, -0.2) is 0 Å². The lowest BCUT2D eigenvalue weighted by atomic mass is 10.1. The number of aliphatic hydroxyl groups excluding tert-OH is 1. The van der Waals surface area contributed by atoms with Crippen molar-refractivity contribution in [2.75, 3.05) is 0 Å². The Balaban J connectivity index is 3.47. The van der Waals surface area contributed by atoms with E-state index in [-0.39, 0.29) is 0 Å². The lowest BCUT2D eigenvalue weighted by Gasteiger charge is -1.95. The van der Waals surface area contributed by atoms with Crippen LogP contribution >= 0.6 is 0 Å². The highest BCUT2D eigenvalue weighted by Crippen LogP contribution is 2.05. The van der Waals surface area contributed by atoms with Crippen molar-refractivity contribution in [2.45, 2.75) is 71.3 Å². The van der Waals surface area contributed by atoms with Gasteiger partial charge in [0.1, 0.15) is 6.10 Å². The predicted octanol–water partition coefficient (Wildman–Crippen LogP) is 4.07. The van der Waals surface area contributed by atoms with Crippen molar-refractivity contribution in [3.8, 4) is 23.7 Å². The molecule has 0 aromatic carbocycles. The Morgan fingerprint density at radius 2 is 1.78 bits per heavy atom. The minimum atomic E-state index is -0.530. The van der Waals surface area contributed by atoms with E-state index in [2.05, 4.69) is 42.8 Å². The number of hydrogen-bond donors (Lipinski definition) is 1. The Bertz CT molecular complexity index is 319. The van der Waals surface area contributed by atoms with Gasteiger partial charge < -0.3 is 5.11 Å². The molecule has 0 rings (SSSR count). The Hall–Kier alpha value is -1.18. The third kappa shape index (κ3) is 12.9. The minimum Gasteiger partial charge on any atom is -0.380 e. The average molecular weight is 246 g/mol. The summed E-state index contributed by atoms with van der Waals surface area (Å²) in [6, 6.07) is 0. The maximum atomic E-state index is 9.16. The molecule has 0 aliphatic carbocycles. The quantitative estimate of drug-likeness (QED) is 0.389. The van der Waals surface area contributed by atoms with Crippen molar-refractivity contribution in [3.05, 3.63) is 12.2 Å². The second-order valence-electron chi connectivity index (χ2n) is 4.37. The summed E-state index contributed by atoms with van der Waals surface area (Å²) in [6.07, 6.45) is 13.0. The Morgan fingerprint density at radius 3 is 2.50 bits per heavy atom. The third-order valence-electron chi connectivity index (χ3n) is 2.64. The van der Waals surface area contributed by atoms with Gasteiger partial charge in [0.25, 0.3) is 0 Å². The van der Waals surface area contributed by atoms with E-state index in [1.165, 1.54) is 32.1 Å². The second kappa shape index (κ2) is 13.9. The zero-order valence-corrected chi connectivity index (χ0v) is 11.8. The van der Waals surface area contributed by atoms with Crippen molar-refractivity contribution in [3.63, 3.8) is 0 Å². The summed E-state index contributed by atoms with van der Waals surface area (Å²) in [7, 11) is 0. The normalized spacial score (nSPS) is 11.5. The molecule has 100 valence electrons. The van der Waals surface area contributed by atoms with Crippen LogP contribution in [0.5, 0.6) is 0 Å². The zero-order chi connectivity index (χ0) is 13.5. The van der Waals surface area contributed by atoms with Crippen LogP contribution in [0.15, 0.2) is 12.2 Å². The maximum Gasteiger partial charge on any atom is 0.115 e. The Morgan fingerprint density at radius 1 is 1.00 bits per heavy atom. The molecule has 1 atom stereocenters. The Kier molecular flexibility index (Phi) is 13.0. The van der Waals surface area contributed by atoms with Crippen LogP contribution in [0.25, 0.3) is 0 Å². The molecule has 0 saturated carbocycles. The number of unbranched alkanes of at least 4 members (excludes halogenated alkanes) is 5. The summed E-state index contributed by atoms with van der Waals surface area (Å²) in [5.41, 5.74) is 0. The van der Waals surface area contributed by atoms with Crippen molar-refractivity contribution >= 4 is 0 Å². The van der Waals surface area contributed by atoms with Gasteiger partial charge in [0.2, 0.25) is 0 Å². The second-order valence-corrected chi connectivity index (χ2v) is 4.37. The van der Waals surface area contributed by atoms with E-state index in [1.54, 1.807) is 0 Å². The molecule has 0 heterocycles. The average Bonchev–Trinajstić information content (AvgIpc) is 2.39. The van der Waals surface area contributed by atoms with Gasteiger partial charge in [-0.05, 0) is 31.1 Å². The van der Waals surface area contributed by atoms with E-state index in [4.69, 9.17) is 5.11 Å². The van der Waals surface area contributed by atoms with Gasteiger partial charge in [-0.15, -0.1) is 0 Å². The van der Waals surface area contributed by atoms with Gasteiger partial charge in [0.05, 0.1) is 0 Å². The lowest BCUT2D eigenvalue weighted by Crippen LogP contribution is -1.98. The zero-order valence-electron chi connectivity index (χ0n) is 11.8. The molecule has 1 unspecified atom stereocenters. The summed E-state index contributed by atoms with van der Waals surface area (Å²) in [5.74, 6) is 11.0. The Labute approximate surface area is 113 Å². The molecule has 0 aliphatic rings. The molecule has 0 aliphatic heterocycles. The van der Waals surface area contributed by atoms with Crippen LogP contribution in [0.3, 0.4) is 0 Å². The van der Waals surface area contributed by atoms with E-state index >= 15 is 0 Å². The van der Waals surface area contributed by atoms with Crippen molar-refractivity contribution in [1.29, 1.82) is 0 Å². The molecule has 0 fully saturated rings. The van der Waals surface area contributed by atoms with Crippen LogP contribution in [0.4, 0.5) is 0 Å². The molecule has 0 aromatic rings. The number of hydrogen-bond acceptors (Lipinski definition) is 1. The van der Waals surface area contributed by atoms with Gasteiger partial charge in [0, 0.05) is 6.42 Å². The first-order chi connectivity index (χ1) is 8.81. The molecule has 0 amide bonds. The molecule has 1 N–H and O–H groups in total. The van der Waals surface area contributed by atoms with Gasteiger partial charge in [0.15, 0.2) is 0 Å². The van der Waals surface area contributed by atoms with Crippen LogP contribution in [0.2, 0.25) is 0 Å². The summed E-state index contributed by atoms with van der Waals surface area (Å²) in [5, 5.41) is 9.16. The summed E-state index contributed by atoms with van der Waals surface area (Å²) in [4.78, 5) is 0. The fraction of sp³-hybridized carbons (Fsp3) is 0.647. The first kappa shape index (κ1) is 16.8. The van der Waals surface area contributed by atoms with Crippen LogP contribution in [-0.4, -0.2) is 11.2 Å². The summed E-state index contributed by atoms with van der Waals surface area (Å²) >= 11 is 0. The number of rotatable bonds is 8. The SMILES string of the molecule is CCCCCCC/C=C\CC#CC#CC(O)CC. The van der Waals surface area contributed by atoms with Gasteiger partial charge >= 0.3 is 0 Å².